The quantitative estimate of drug-likeness (QED) is 0.414. The summed E-state index contributed by atoms with van der Waals surface area (Å²) in [7, 11) is 0. The third kappa shape index (κ3) is 4.65. The van der Waals surface area contributed by atoms with Gasteiger partial charge in [0.2, 0.25) is 0 Å². The van der Waals surface area contributed by atoms with E-state index in [1.54, 1.807) is 6.08 Å². The van der Waals surface area contributed by atoms with Crippen LogP contribution in [0.4, 0.5) is 5.69 Å². The van der Waals surface area contributed by atoms with Gasteiger partial charge in [0.05, 0.1) is 17.7 Å². The number of hydrogen-bond acceptors (Lipinski definition) is 5. The molecule has 0 bridgehead atoms. The van der Waals surface area contributed by atoms with Crippen LogP contribution in [-0.4, -0.2) is 45.7 Å². The summed E-state index contributed by atoms with van der Waals surface area (Å²) in [6.45, 7) is 5.51. The lowest BCUT2D eigenvalue weighted by atomic mass is 10.4. The molecule has 0 aromatic carbocycles. The molecule has 1 aromatic heterocycles. The second-order valence-corrected chi connectivity index (χ2v) is 3.99. The summed E-state index contributed by atoms with van der Waals surface area (Å²) in [6.07, 6.45) is 2.93. The van der Waals surface area contributed by atoms with Crippen molar-refractivity contribution in [2.75, 3.05) is 26.2 Å². The Kier molecular flexibility index (Phi) is 5.91. The molecule has 0 saturated carbocycles. The van der Waals surface area contributed by atoms with Crippen LogP contribution in [-0.2, 0) is 6.54 Å². The fourth-order valence-electron chi connectivity index (χ4n) is 1.67. The van der Waals surface area contributed by atoms with E-state index in [0.717, 1.165) is 0 Å². The van der Waals surface area contributed by atoms with Gasteiger partial charge in [0, 0.05) is 38.3 Å². The number of nitrogens with zero attached hydrogens (tertiary/aromatic N) is 3. The topological polar surface area (TPSA) is 88.6 Å². The van der Waals surface area contributed by atoms with Crippen LogP contribution in [0.2, 0.25) is 0 Å². The van der Waals surface area contributed by atoms with Crippen LogP contribution in [0.25, 0.3) is 0 Å². The van der Waals surface area contributed by atoms with Gasteiger partial charge in [-0.15, -0.1) is 6.58 Å². The van der Waals surface area contributed by atoms with Crippen molar-refractivity contribution in [2.24, 2.45) is 0 Å². The Hall–Kier alpha value is -1.99. The molecule has 1 N–H and O–H groups in total. The molecular formula is C12H17N3O4. The molecule has 0 aliphatic heterocycles. The minimum Gasteiger partial charge on any atom is -0.395 e. The Balaban J connectivity index is 2.75. The molecular weight excluding hydrogens is 250 g/mol. The summed E-state index contributed by atoms with van der Waals surface area (Å²) >= 11 is 0. The molecule has 0 unspecified atom stereocenters. The molecule has 1 rings (SSSR count). The highest BCUT2D eigenvalue weighted by Crippen LogP contribution is 2.06. The number of aromatic nitrogens is 1. The fourth-order valence-corrected chi connectivity index (χ4v) is 1.67. The summed E-state index contributed by atoms with van der Waals surface area (Å²) in [4.78, 5) is 23.6. The standard InChI is InChI=1S/C12H17N3O4/c1-2-5-13(8-9-16)6-7-14-10-11(15(18)19)3-4-12(14)17/h2-4,10,16H,1,5-9H2. The Morgan fingerprint density at radius 2 is 2.21 bits per heavy atom. The van der Waals surface area contributed by atoms with E-state index in [0.29, 0.717) is 26.2 Å². The van der Waals surface area contributed by atoms with E-state index in [4.69, 9.17) is 5.11 Å². The van der Waals surface area contributed by atoms with Crippen LogP contribution < -0.4 is 5.56 Å². The van der Waals surface area contributed by atoms with Crippen molar-refractivity contribution in [1.82, 2.24) is 9.47 Å². The number of pyridine rings is 1. The number of hydrogen-bond donors (Lipinski definition) is 1. The van der Waals surface area contributed by atoms with Crippen molar-refractivity contribution in [2.45, 2.75) is 6.54 Å². The maximum absolute atomic E-state index is 11.6. The third-order valence-corrected chi connectivity index (χ3v) is 2.64. The van der Waals surface area contributed by atoms with Crippen molar-refractivity contribution < 1.29 is 10.0 Å². The first-order valence-corrected chi connectivity index (χ1v) is 5.87. The van der Waals surface area contributed by atoms with E-state index < -0.39 is 4.92 Å². The minimum atomic E-state index is -0.537. The predicted octanol–water partition coefficient (Wildman–Crippen LogP) is 0.237. The average Bonchev–Trinajstić information content (AvgIpc) is 2.37. The van der Waals surface area contributed by atoms with Gasteiger partial charge in [-0.3, -0.25) is 19.8 Å². The van der Waals surface area contributed by atoms with Gasteiger partial charge in [-0.1, -0.05) is 6.08 Å². The fraction of sp³-hybridized carbons (Fsp3) is 0.417. The van der Waals surface area contributed by atoms with Crippen LogP contribution in [0.15, 0.2) is 35.8 Å². The van der Waals surface area contributed by atoms with Gasteiger partial charge in [0.1, 0.15) is 0 Å². The van der Waals surface area contributed by atoms with Crippen molar-refractivity contribution >= 4 is 5.69 Å². The molecule has 104 valence electrons. The molecule has 0 fully saturated rings. The lowest BCUT2D eigenvalue weighted by Gasteiger charge is -2.19. The lowest BCUT2D eigenvalue weighted by molar-refractivity contribution is -0.385. The molecule has 19 heavy (non-hydrogen) atoms. The first-order valence-electron chi connectivity index (χ1n) is 5.87. The molecule has 0 amide bonds. The number of aliphatic hydroxyl groups is 1. The zero-order valence-electron chi connectivity index (χ0n) is 10.6. The Morgan fingerprint density at radius 1 is 1.47 bits per heavy atom. The normalized spacial score (nSPS) is 10.6. The van der Waals surface area contributed by atoms with E-state index in [2.05, 4.69) is 6.58 Å². The minimum absolute atomic E-state index is 0.0116. The lowest BCUT2D eigenvalue weighted by Crippen LogP contribution is -2.32. The smallest absolute Gasteiger partial charge is 0.285 e. The first-order chi connectivity index (χ1) is 9.08. The number of aliphatic hydroxyl groups excluding tert-OH is 1. The van der Waals surface area contributed by atoms with Crippen LogP contribution in [0, 0.1) is 10.1 Å². The highest BCUT2D eigenvalue weighted by atomic mass is 16.6. The van der Waals surface area contributed by atoms with Crippen LogP contribution in [0.5, 0.6) is 0 Å². The summed E-state index contributed by atoms with van der Waals surface area (Å²) in [5, 5.41) is 19.5. The van der Waals surface area contributed by atoms with Gasteiger partial charge in [-0.2, -0.15) is 0 Å². The predicted molar refractivity (Wildman–Crippen MR) is 71.1 cm³/mol. The molecule has 0 saturated heterocycles. The Morgan fingerprint density at radius 3 is 2.79 bits per heavy atom. The highest BCUT2D eigenvalue weighted by Gasteiger charge is 2.09. The van der Waals surface area contributed by atoms with Gasteiger partial charge in [-0.25, -0.2) is 0 Å². The molecule has 0 aliphatic rings. The molecule has 1 aromatic rings. The van der Waals surface area contributed by atoms with Crippen molar-refractivity contribution in [3.05, 3.63) is 51.5 Å². The van der Waals surface area contributed by atoms with E-state index >= 15 is 0 Å². The van der Waals surface area contributed by atoms with E-state index in [9.17, 15) is 14.9 Å². The molecule has 1 heterocycles. The van der Waals surface area contributed by atoms with Gasteiger partial charge in [0.25, 0.3) is 11.2 Å². The van der Waals surface area contributed by atoms with Crippen LogP contribution >= 0.6 is 0 Å². The number of nitro groups is 1. The second kappa shape index (κ2) is 7.45. The van der Waals surface area contributed by atoms with Gasteiger partial charge >= 0.3 is 0 Å². The van der Waals surface area contributed by atoms with Gasteiger partial charge in [-0.05, 0) is 0 Å². The average molecular weight is 267 g/mol. The zero-order chi connectivity index (χ0) is 14.3. The Labute approximate surface area is 110 Å². The van der Waals surface area contributed by atoms with E-state index in [-0.39, 0.29) is 17.9 Å². The van der Waals surface area contributed by atoms with Crippen molar-refractivity contribution in [1.29, 1.82) is 0 Å². The Bertz CT molecular complexity index is 498. The summed E-state index contributed by atoms with van der Waals surface area (Å²) in [5.41, 5.74) is -0.398. The molecule has 7 nitrogen and oxygen atoms in total. The highest BCUT2D eigenvalue weighted by molar-refractivity contribution is 5.24. The van der Waals surface area contributed by atoms with E-state index in [1.165, 1.54) is 22.9 Å². The van der Waals surface area contributed by atoms with Crippen molar-refractivity contribution in [3.63, 3.8) is 0 Å². The molecule has 7 heteroatoms. The SMILES string of the molecule is C=CCN(CCO)CCn1cc([N+](=O)[O-])ccc1=O. The van der Waals surface area contributed by atoms with Crippen LogP contribution in [0.1, 0.15) is 0 Å². The molecule has 0 radical (unpaired) electrons. The summed E-state index contributed by atoms with van der Waals surface area (Å²) < 4.78 is 1.30. The number of rotatable bonds is 8. The zero-order valence-corrected chi connectivity index (χ0v) is 10.6. The molecule has 0 aliphatic carbocycles. The molecule has 0 spiro atoms. The molecule has 0 atom stereocenters. The summed E-state index contributed by atoms with van der Waals surface area (Å²) in [5.74, 6) is 0. The summed E-state index contributed by atoms with van der Waals surface area (Å²) in [6, 6.07) is 2.37. The third-order valence-electron chi connectivity index (χ3n) is 2.64. The van der Waals surface area contributed by atoms with Crippen LogP contribution in [0.3, 0.4) is 0 Å². The maximum Gasteiger partial charge on any atom is 0.285 e. The second-order valence-electron chi connectivity index (χ2n) is 3.99. The first kappa shape index (κ1) is 15.1. The van der Waals surface area contributed by atoms with Crippen molar-refractivity contribution in [3.8, 4) is 0 Å². The van der Waals surface area contributed by atoms with Gasteiger partial charge < -0.3 is 9.67 Å². The largest absolute Gasteiger partial charge is 0.395 e. The monoisotopic (exact) mass is 267 g/mol. The van der Waals surface area contributed by atoms with Gasteiger partial charge in [0.15, 0.2) is 0 Å². The van der Waals surface area contributed by atoms with E-state index in [1.807, 2.05) is 4.90 Å². The maximum atomic E-state index is 11.6.